The van der Waals surface area contributed by atoms with Gasteiger partial charge in [-0.3, -0.25) is 0 Å². The first kappa shape index (κ1) is 14.4. The third-order valence-electron chi connectivity index (χ3n) is 3.27. The van der Waals surface area contributed by atoms with Crippen molar-refractivity contribution in [3.8, 4) is 5.75 Å². The maximum Gasteiger partial charge on any atom is 0.329 e. The lowest BCUT2D eigenvalue weighted by Gasteiger charge is -2.19. The second-order valence-electron chi connectivity index (χ2n) is 5.06. The number of carbonyl (C=O) groups is 1. The van der Waals surface area contributed by atoms with Crippen molar-refractivity contribution in [2.45, 2.75) is 39.3 Å². The topological polar surface area (TPSA) is 40.5 Å². The number of ether oxygens (including phenoxy) is 2. The molecule has 0 aliphatic carbocycles. The summed E-state index contributed by atoms with van der Waals surface area (Å²) in [5.41, 5.74) is 1.01. The van der Waals surface area contributed by atoms with Crippen molar-refractivity contribution < 1.29 is 14.3 Å². The minimum atomic E-state index is -0.289. The van der Waals surface area contributed by atoms with Gasteiger partial charge in [0.1, 0.15) is 11.8 Å². The number of aromatic nitrogens is 1. The molecule has 0 amide bonds. The molecular weight excluding hydrogens is 254 g/mol. The van der Waals surface area contributed by atoms with E-state index in [9.17, 15) is 4.79 Å². The first-order chi connectivity index (χ1) is 9.56. The third-order valence-corrected chi connectivity index (χ3v) is 3.27. The van der Waals surface area contributed by atoms with E-state index >= 15 is 0 Å². The summed E-state index contributed by atoms with van der Waals surface area (Å²) in [6.07, 6.45) is 2.53. The molecule has 0 fully saturated rings. The quantitative estimate of drug-likeness (QED) is 0.783. The van der Waals surface area contributed by atoms with Crippen LogP contribution >= 0.6 is 0 Å². The molecule has 4 nitrogen and oxygen atoms in total. The van der Waals surface area contributed by atoms with E-state index < -0.39 is 0 Å². The van der Waals surface area contributed by atoms with Crippen molar-refractivity contribution >= 4 is 16.9 Å². The van der Waals surface area contributed by atoms with Crippen LogP contribution in [0, 0.1) is 0 Å². The van der Waals surface area contributed by atoms with Crippen LogP contribution in [0.3, 0.4) is 0 Å². The Bertz CT molecular complexity index is 601. The first-order valence-electron chi connectivity index (χ1n) is 6.92. The summed E-state index contributed by atoms with van der Waals surface area (Å²) in [7, 11) is 1.65. The van der Waals surface area contributed by atoms with Gasteiger partial charge in [0.15, 0.2) is 0 Å². The van der Waals surface area contributed by atoms with Crippen LogP contribution in [0.2, 0.25) is 0 Å². The van der Waals surface area contributed by atoms with E-state index in [1.165, 1.54) is 0 Å². The van der Waals surface area contributed by atoms with Gasteiger partial charge in [0.25, 0.3) is 0 Å². The van der Waals surface area contributed by atoms with Crippen LogP contribution in [0.4, 0.5) is 0 Å². The second-order valence-corrected chi connectivity index (χ2v) is 5.06. The number of esters is 1. The fraction of sp³-hybridized carbons (Fsp3) is 0.438. The number of fused-ring (bicyclic) bond motifs is 1. The van der Waals surface area contributed by atoms with E-state index in [0.717, 1.165) is 16.7 Å². The Hall–Kier alpha value is -1.97. The molecule has 1 aromatic heterocycles. The summed E-state index contributed by atoms with van der Waals surface area (Å²) in [5.74, 6) is 0.629. The molecule has 0 N–H and O–H groups in total. The minimum absolute atomic E-state index is 0.0986. The Kier molecular flexibility index (Phi) is 4.32. The Balaban J connectivity index is 2.37. The highest BCUT2D eigenvalue weighted by atomic mass is 16.5. The van der Waals surface area contributed by atoms with Crippen LogP contribution in [0.5, 0.6) is 5.75 Å². The van der Waals surface area contributed by atoms with Gasteiger partial charge < -0.3 is 14.0 Å². The van der Waals surface area contributed by atoms with E-state index in [-0.39, 0.29) is 18.1 Å². The van der Waals surface area contributed by atoms with E-state index in [4.69, 9.17) is 9.47 Å². The average molecular weight is 275 g/mol. The first-order valence-corrected chi connectivity index (χ1v) is 6.92. The largest absolute Gasteiger partial charge is 0.497 e. The molecule has 0 saturated carbocycles. The molecule has 2 aromatic rings. The van der Waals surface area contributed by atoms with Crippen LogP contribution in [0.15, 0.2) is 30.5 Å². The van der Waals surface area contributed by atoms with Gasteiger partial charge in [0.05, 0.1) is 13.2 Å². The van der Waals surface area contributed by atoms with Crippen molar-refractivity contribution in [3.05, 3.63) is 30.5 Å². The smallest absolute Gasteiger partial charge is 0.329 e. The normalized spacial score (nSPS) is 12.7. The molecule has 4 heteroatoms. The van der Waals surface area contributed by atoms with Crippen molar-refractivity contribution in [2.24, 2.45) is 0 Å². The molecule has 1 unspecified atom stereocenters. The Labute approximate surface area is 119 Å². The van der Waals surface area contributed by atoms with Crippen LogP contribution in [0.1, 0.15) is 33.2 Å². The Morgan fingerprint density at radius 3 is 2.65 bits per heavy atom. The maximum absolute atomic E-state index is 12.2. The number of rotatable bonds is 5. The number of nitrogens with zero attached hydrogens (tertiary/aromatic N) is 1. The molecule has 108 valence electrons. The SMILES string of the molecule is CCC(C(=O)OC(C)C)n1ccc2cc(OC)ccc21. The lowest BCUT2D eigenvalue weighted by molar-refractivity contribution is -0.151. The summed E-state index contributed by atoms with van der Waals surface area (Å²) in [4.78, 5) is 12.2. The summed E-state index contributed by atoms with van der Waals surface area (Å²) in [6, 6.07) is 7.54. The van der Waals surface area contributed by atoms with E-state index in [0.29, 0.717) is 6.42 Å². The number of carbonyl (C=O) groups excluding carboxylic acids is 1. The fourth-order valence-electron chi connectivity index (χ4n) is 2.33. The summed E-state index contributed by atoms with van der Waals surface area (Å²) in [6.45, 7) is 5.72. The Morgan fingerprint density at radius 1 is 1.30 bits per heavy atom. The fourth-order valence-corrected chi connectivity index (χ4v) is 2.33. The van der Waals surface area contributed by atoms with Gasteiger partial charge in [-0.2, -0.15) is 0 Å². The predicted molar refractivity (Wildman–Crippen MR) is 79.0 cm³/mol. The van der Waals surface area contributed by atoms with Crippen molar-refractivity contribution in [1.29, 1.82) is 0 Å². The second kappa shape index (κ2) is 5.99. The van der Waals surface area contributed by atoms with Gasteiger partial charge in [-0.1, -0.05) is 6.92 Å². The van der Waals surface area contributed by atoms with Crippen LogP contribution in [-0.4, -0.2) is 23.8 Å². The van der Waals surface area contributed by atoms with Gasteiger partial charge in [-0.05, 0) is 44.5 Å². The molecule has 0 aliphatic rings. The predicted octanol–water partition coefficient (Wildman–Crippen LogP) is 3.55. The average Bonchev–Trinajstić information content (AvgIpc) is 2.82. The van der Waals surface area contributed by atoms with Crippen LogP contribution in [-0.2, 0) is 9.53 Å². The molecule has 0 aliphatic heterocycles. The van der Waals surface area contributed by atoms with Crippen LogP contribution in [0.25, 0.3) is 10.9 Å². The molecule has 1 atom stereocenters. The van der Waals surface area contributed by atoms with Crippen LogP contribution < -0.4 is 4.74 Å². The summed E-state index contributed by atoms with van der Waals surface area (Å²) < 4.78 is 12.5. The maximum atomic E-state index is 12.2. The minimum Gasteiger partial charge on any atom is -0.497 e. The van der Waals surface area contributed by atoms with Crippen molar-refractivity contribution in [3.63, 3.8) is 0 Å². The molecular formula is C16H21NO3. The Morgan fingerprint density at radius 2 is 2.05 bits per heavy atom. The van der Waals surface area contributed by atoms with Gasteiger partial charge in [0, 0.05) is 17.1 Å². The molecule has 0 spiro atoms. The number of benzene rings is 1. The monoisotopic (exact) mass is 275 g/mol. The molecule has 0 bridgehead atoms. The van der Waals surface area contributed by atoms with E-state index in [2.05, 4.69) is 0 Å². The van der Waals surface area contributed by atoms with Gasteiger partial charge in [0.2, 0.25) is 0 Å². The van der Waals surface area contributed by atoms with Crippen molar-refractivity contribution in [2.75, 3.05) is 7.11 Å². The number of methoxy groups -OCH3 is 1. The highest BCUT2D eigenvalue weighted by Gasteiger charge is 2.22. The zero-order chi connectivity index (χ0) is 14.7. The lowest BCUT2D eigenvalue weighted by Crippen LogP contribution is -2.23. The lowest BCUT2D eigenvalue weighted by atomic mass is 10.2. The van der Waals surface area contributed by atoms with E-state index in [1.54, 1.807) is 7.11 Å². The molecule has 1 aromatic carbocycles. The highest BCUT2D eigenvalue weighted by Crippen LogP contribution is 2.26. The summed E-state index contributed by atoms with van der Waals surface area (Å²) >= 11 is 0. The molecule has 1 heterocycles. The molecule has 20 heavy (non-hydrogen) atoms. The van der Waals surface area contributed by atoms with Crippen molar-refractivity contribution in [1.82, 2.24) is 4.57 Å². The summed E-state index contributed by atoms with van der Waals surface area (Å²) in [5, 5.41) is 1.06. The zero-order valence-corrected chi connectivity index (χ0v) is 12.4. The molecule has 0 saturated heterocycles. The highest BCUT2D eigenvalue weighted by molar-refractivity contribution is 5.84. The molecule has 2 rings (SSSR count). The van der Waals surface area contributed by atoms with Gasteiger partial charge in [-0.25, -0.2) is 4.79 Å². The number of hydrogen-bond donors (Lipinski definition) is 0. The zero-order valence-electron chi connectivity index (χ0n) is 12.4. The third kappa shape index (κ3) is 2.79. The van der Waals surface area contributed by atoms with Gasteiger partial charge in [-0.15, -0.1) is 0 Å². The van der Waals surface area contributed by atoms with E-state index in [1.807, 2.05) is 55.8 Å². The van der Waals surface area contributed by atoms with Gasteiger partial charge >= 0.3 is 5.97 Å². The molecule has 0 radical (unpaired) electrons. The number of hydrogen-bond acceptors (Lipinski definition) is 3. The standard InChI is InChI=1S/C16H21NO3/c1-5-14(16(18)20-11(2)3)17-9-8-12-10-13(19-4)6-7-15(12)17/h6-11,14H,5H2,1-4H3.